The van der Waals surface area contributed by atoms with Crippen molar-refractivity contribution in [2.24, 2.45) is 4.99 Å². The van der Waals surface area contributed by atoms with Gasteiger partial charge in [-0.2, -0.15) is 0 Å². The molecule has 11 nitrogen and oxygen atoms in total. The number of hydrogen-bond acceptors (Lipinski definition) is 6. The van der Waals surface area contributed by atoms with Gasteiger partial charge in [0.1, 0.15) is 23.6 Å². The summed E-state index contributed by atoms with van der Waals surface area (Å²) in [5, 5.41) is 8.76. The molecular formula is C38H55N5O6. The van der Waals surface area contributed by atoms with Crippen LogP contribution in [-0.4, -0.2) is 59.9 Å². The summed E-state index contributed by atoms with van der Waals surface area (Å²) in [5.74, 6) is 0.689. The standard InChI is InChI=1S/C38H55N5O6/c1-28-20-21-32-31(25-28)26-40-33(42-36(46)49-38(5,6)7)41-34(44)43(24-16-19-29-17-12-13-18-30(29)27-47-32)23-15-11-9-8-10-14-22-39-35(45)48-37(2,3)4/h12-13,16-21,25H,8-11,14-15,22-24,26-27H2,1-7H3,(H,39,45)(H2,40,41,42,44,46)/b19-16+. The fraction of sp³-hybridized carbons (Fsp3) is 0.526. The van der Waals surface area contributed by atoms with Gasteiger partial charge >= 0.3 is 18.2 Å². The molecule has 0 aliphatic carbocycles. The Morgan fingerprint density at radius 2 is 1.61 bits per heavy atom. The number of benzene rings is 2. The highest BCUT2D eigenvalue weighted by molar-refractivity contribution is 6.00. The van der Waals surface area contributed by atoms with Gasteiger partial charge in [-0.3, -0.25) is 5.32 Å². The lowest BCUT2D eigenvalue weighted by Gasteiger charge is -2.23. The van der Waals surface area contributed by atoms with Crippen LogP contribution in [0.1, 0.15) is 102 Å². The number of aryl methyl sites for hydroxylation is 1. The maximum atomic E-state index is 13.7. The van der Waals surface area contributed by atoms with Gasteiger partial charge in [0.05, 0.1) is 0 Å². The Hall–Kier alpha value is -4.54. The van der Waals surface area contributed by atoms with E-state index >= 15 is 0 Å². The molecule has 0 saturated carbocycles. The van der Waals surface area contributed by atoms with E-state index in [2.05, 4.69) is 20.9 Å². The highest BCUT2D eigenvalue weighted by Crippen LogP contribution is 2.23. The van der Waals surface area contributed by atoms with E-state index in [0.717, 1.165) is 60.8 Å². The van der Waals surface area contributed by atoms with Crippen molar-refractivity contribution < 1.29 is 28.6 Å². The Labute approximate surface area is 291 Å². The average Bonchev–Trinajstić information content (AvgIpc) is 3.00. The number of hydrogen-bond donors (Lipinski definition) is 3. The highest BCUT2D eigenvalue weighted by atomic mass is 16.6. The number of unbranched alkanes of at least 4 members (excludes halogenated alkanes) is 5. The minimum atomic E-state index is -0.808. The number of nitrogens with zero attached hydrogens (tertiary/aromatic N) is 2. The third-order valence-electron chi connectivity index (χ3n) is 7.36. The maximum absolute atomic E-state index is 13.7. The number of guanidine groups is 1. The molecule has 268 valence electrons. The van der Waals surface area contributed by atoms with Gasteiger partial charge in [0.25, 0.3) is 0 Å². The Morgan fingerprint density at radius 3 is 2.35 bits per heavy atom. The summed E-state index contributed by atoms with van der Waals surface area (Å²) in [6.07, 6.45) is 8.43. The highest BCUT2D eigenvalue weighted by Gasteiger charge is 2.20. The van der Waals surface area contributed by atoms with E-state index in [1.54, 1.807) is 25.7 Å². The molecule has 49 heavy (non-hydrogen) atoms. The van der Waals surface area contributed by atoms with E-state index in [-0.39, 0.29) is 24.6 Å². The van der Waals surface area contributed by atoms with Gasteiger partial charge in [-0.1, -0.05) is 79.8 Å². The maximum Gasteiger partial charge on any atom is 0.437 e. The molecule has 1 aliphatic rings. The number of carbonyl (C=O) groups is 3. The van der Waals surface area contributed by atoms with Crippen LogP contribution in [0.25, 0.3) is 6.08 Å². The number of alkyl carbamates (subject to hydrolysis) is 1. The Bertz CT molecular complexity index is 1460. The normalized spacial score (nSPS) is 15.7. The van der Waals surface area contributed by atoms with E-state index < -0.39 is 17.3 Å². The van der Waals surface area contributed by atoms with E-state index in [1.807, 2.05) is 82.3 Å². The quantitative estimate of drug-likeness (QED) is 0.230. The predicted molar refractivity (Wildman–Crippen MR) is 194 cm³/mol. The summed E-state index contributed by atoms with van der Waals surface area (Å²) in [7, 11) is 0. The first-order valence-electron chi connectivity index (χ1n) is 17.2. The van der Waals surface area contributed by atoms with Crippen molar-refractivity contribution >= 4 is 30.3 Å². The molecule has 0 aromatic heterocycles. The molecule has 1 heterocycles. The van der Waals surface area contributed by atoms with E-state index in [1.165, 1.54) is 0 Å². The van der Waals surface area contributed by atoms with Crippen molar-refractivity contribution in [1.82, 2.24) is 20.9 Å². The van der Waals surface area contributed by atoms with Crippen molar-refractivity contribution in [2.45, 2.75) is 111 Å². The zero-order valence-corrected chi connectivity index (χ0v) is 30.3. The summed E-state index contributed by atoms with van der Waals surface area (Å²) in [4.78, 5) is 44.0. The Morgan fingerprint density at radius 1 is 0.918 bits per heavy atom. The second kappa shape index (κ2) is 18.9. The molecule has 4 amide bonds. The zero-order valence-electron chi connectivity index (χ0n) is 30.3. The fourth-order valence-electron chi connectivity index (χ4n) is 5.04. The van der Waals surface area contributed by atoms with Crippen LogP contribution < -0.4 is 20.7 Å². The number of nitrogens with one attached hydrogen (secondary N) is 3. The van der Waals surface area contributed by atoms with E-state index in [0.29, 0.717) is 32.0 Å². The Kier molecular flexibility index (Phi) is 15.0. The lowest BCUT2D eigenvalue weighted by molar-refractivity contribution is 0.0525. The molecule has 0 radical (unpaired) electrons. The third-order valence-corrected chi connectivity index (χ3v) is 7.36. The molecule has 0 saturated heterocycles. The summed E-state index contributed by atoms with van der Waals surface area (Å²) >= 11 is 0. The molecule has 1 aliphatic heterocycles. The van der Waals surface area contributed by atoms with Crippen molar-refractivity contribution in [1.29, 1.82) is 0 Å². The summed E-state index contributed by atoms with van der Waals surface area (Å²) in [6, 6.07) is 13.6. The van der Waals surface area contributed by atoms with Crippen LogP contribution in [0.5, 0.6) is 5.75 Å². The number of carbonyl (C=O) groups excluding carboxylic acids is 3. The van der Waals surface area contributed by atoms with Crippen LogP contribution in [-0.2, 0) is 22.6 Å². The van der Waals surface area contributed by atoms with E-state index in [4.69, 9.17) is 14.2 Å². The van der Waals surface area contributed by atoms with Crippen LogP contribution in [0.3, 0.4) is 0 Å². The third kappa shape index (κ3) is 15.5. The van der Waals surface area contributed by atoms with Crippen molar-refractivity contribution in [2.75, 3.05) is 19.6 Å². The van der Waals surface area contributed by atoms with Crippen LogP contribution >= 0.6 is 0 Å². The number of ether oxygens (including phenoxy) is 3. The molecule has 0 bridgehead atoms. The number of rotatable bonds is 9. The van der Waals surface area contributed by atoms with Crippen molar-refractivity contribution in [3.63, 3.8) is 0 Å². The molecule has 0 fully saturated rings. The lowest BCUT2D eigenvalue weighted by Crippen LogP contribution is -2.48. The largest absolute Gasteiger partial charge is 0.489 e. The number of urea groups is 1. The fourth-order valence-corrected chi connectivity index (χ4v) is 5.04. The number of aliphatic imine (C=N–C) groups is 1. The average molecular weight is 678 g/mol. The second-order valence-corrected chi connectivity index (χ2v) is 14.2. The van der Waals surface area contributed by atoms with Crippen LogP contribution in [0.15, 0.2) is 53.5 Å². The number of fused-ring (bicyclic) bond motifs is 2. The summed E-state index contributed by atoms with van der Waals surface area (Å²) in [5.41, 5.74) is 2.68. The van der Waals surface area contributed by atoms with E-state index in [9.17, 15) is 14.4 Å². The second-order valence-electron chi connectivity index (χ2n) is 14.2. The van der Waals surface area contributed by atoms with Gasteiger partial charge in [0.15, 0.2) is 0 Å². The van der Waals surface area contributed by atoms with Crippen molar-refractivity contribution in [3.8, 4) is 5.75 Å². The molecular weight excluding hydrogens is 622 g/mol. The SMILES string of the molecule is Cc1ccc2c(c1)CN/C(=N\C(=O)OC(C)(C)C)NC(=O)N(CCCCCCCCNC(=O)OC(C)(C)C)C/C=C/c1ccccc1CO2. The van der Waals surface area contributed by atoms with Crippen LogP contribution in [0.2, 0.25) is 0 Å². The topological polar surface area (TPSA) is 131 Å². The first-order chi connectivity index (χ1) is 23.2. The molecule has 3 rings (SSSR count). The molecule has 0 unspecified atom stereocenters. The zero-order chi connectivity index (χ0) is 35.9. The van der Waals surface area contributed by atoms with Crippen LogP contribution in [0, 0.1) is 6.92 Å². The van der Waals surface area contributed by atoms with Gasteiger partial charge < -0.3 is 29.7 Å². The first-order valence-corrected chi connectivity index (χ1v) is 17.2. The van der Waals surface area contributed by atoms with Gasteiger partial charge in [0.2, 0.25) is 5.96 Å². The minimum absolute atomic E-state index is 0.00108. The molecule has 0 spiro atoms. The molecule has 3 N–H and O–H groups in total. The molecule has 0 atom stereocenters. The monoisotopic (exact) mass is 677 g/mol. The molecule has 2 aromatic carbocycles. The van der Waals surface area contributed by atoms with Gasteiger partial charge in [0, 0.05) is 31.7 Å². The van der Waals surface area contributed by atoms with Gasteiger partial charge in [-0.05, 0) is 78.5 Å². The lowest BCUT2D eigenvalue weighted by atomic mass is 10.1. The smallest absolute Gasteiger partial charge is 0.437 e. The van der Waals surface area contributed by atoms with Crippen molar-refractivity contribution in [3.05, 3.63) is 70.8 Å². The van der Waals surface area contributed by atoms with Gasteiger partial charge in [-0.25, -0.2) is 14.4 Å². The van der Waals surface area contributed by atoms with Crippen LogP contribution in [0.4, 0.5) is 14.4 Å². The number of amides is 4. The minimum Gasteiger partial charge on any atom is -0.489 e. The predicted octanol–water partition coefficient (Wildman–Crippen LogP) is 7.86. The van der Waals surface area contributed by atoms with Gasteiger partial charge in [-0.15, -0.1) is 4.99 Å². The Balaban J connectivity index is 1.69. The summed E-state index contributed by atoms with van der Waals surface area (Å²) in [6.45, 7) is 14.9. The molecule has 11 heteroatoms. The summed E-state index contributed by atoms with van der Waals surface area (Å²) < 4.78 is 17.0. The molecule has 2 aromatic rings. The first kappa shape index (κ1) is 38.9.